The summed E-state index contributed by atoms with van der Waals surface area (Å²) < 4.78 is 6.14. The van der Waals surface area contributed by atoms with Crippen LogP contribution < -0.4 is 10.1 Å². The lowest BCUT2D eigenvalue weighted by Gasteiger charge is -2.39. The van der Waals surface area contributed by atoms with E-state index >= 15 is 0 Å². The molecule has 2 aliphatic rings. The van der Waals surface area contributed by atoms with Crippen molar-refractivity contribution < 1.29 is 9.84 Å². The summed E-state index contributed by atoms with van der Waals surface area (Å²) in [5.74, 6) is 0.900. The molecule has 0 aromatic heterocycles. The number of para-hydroxylation sites is 1. The molecule has 3 atom stereocenters. The summed E-state index contributed by atoms with van der Waals surface area (Å²) in [5.41, 5.74) is 1.13. The van der Waals surface area contributed by atoms with Gasteiger partial charge in [-0.1, -0.05) is 18.2 Å². The van der Waals surface area contributed by atoms with E-state index in [9.17, 15) is 5.11 Å². The molecule has 2 fully saturated rings. The summed E-state index contributed by atoms with van der Waals surface area (Å²) in [6, 6.07) is 8.75. The van der Waals surface area contributed by atoms with Crippen molar-refractivity contribution in [3.05, 3.63) is 29.8 Å². The van der Waals surface area contributed by atoms with E-state index in [2.05, 4.69) is 30.3 Å². The molecule has 1 aromatic rings. The maximum atomic E-state index is 10.8. The van der Waals surface area contributed by atoms with Gasteiger partial charge in [0.1, 0.15) is 18.0 Å². The highest BCUT2D eigenvalue weighted by Gasteiger charge is 2.35. The zero-order chi connectivity index (χ0) is 16.2. The molecule has 0 spiro atoms. The molecule has 1 aromatic carbocycles. The van der Waals surface area contributed by atoms with Crippen molar-refractivity contribution in [3.8, 4) is 5.75 Å². The van der Waals surface area contributed by atoms with E-state index < -0.39 is 6.10 Å². The lowest BCUT2D eigenvalue weighted by molar-refractivity contribution is -0.0201. The number of aliphatic hydroxyl groups excluding tert-OH is 1. The van der Waals surface area contributed by atoms with Crippen molar-refractivity contribution in [1.82, 2.24) is 10.2 Å². The van der Waals surface area contributed by atoms with Gasteiger partial charge in [-0.3, -0.25) is 0 Å². The molecule has 1 heterocycles. The Hall–Kier alpha value is -1.10. The highest BCUT2D eigenvalue weighted by Crippen LogP contribution is 2.27. The SMILES string of the molecule is Cc1ccccc1O[C@@H]1CCC[C@H](NC2CCN(C)CC2)[C@H]1O. The Labute approximate surface area is 139 Å². The number of benzene rings is 1. The second-order valence-electron chi connectivity index (χ2n) is 7.19. The normalized spacial score (nSPS) is 30.3. The molecule has 3 rings (SSSR count). The first kappa shape index (κ1) is 16.7. The van der Waals surface area contributed by atoms with E-state index in [1.807, 2.05) is 18.2 Å². The molecule has 0 radical (unpaired) electrons. The topological polar surface area (TPSA) is 44.7 Å². The van der Waals surface area contributed by atoms with E-state index in [1.165, 1.54) is 12.8 Å². The Morgan fingerprint density at radius 1 is 1.13 bits per heavy atom. The zero-order valence-corrected chi connectivity index (χ0v) is 14.4. The van der Waals surface area contributed by atoms with Gasteiger partial charge in [0.05, 0.1) is 0 Å². The van der Waals surface area contributed by atoms with Crippen molar-refractivity contribution in [1.29, 1.82) is 0 Å². The molecule has 2 N–H and O–H groups in total. The predicted molar refractivity (Wildman–Crippen MR) is 92.9 cm³/mol. The van der Waals surface area contributed by atoms with Crippen LogP contribution >= 0.6 is 0 Å². The molecular formula is C19H30N2O2. The van der Waals surface area contributed by atoms with Crippen LogP contribution in [-0.4, -0.2) is 54.4 Å². The smallest absolute Gasteiger partial charge is 0.126 e. The van der Waals surface area contributed by atoms with E-state index in [4.69, 9.17) is 4.74 Å². The average molecular weight is 318 g/mol. The zero-order valence-electron chi connectivity index (χ0n) is 14.4. The van der Waals surface area contributed by atoms with Gasteiger partial charge >= 0.3 is 0 Å². The highest BCUT2D eigenvalue weighted by atomic mass is 16.5. The quantitative estimate of drug-likeness (QED) is 0.894. The number of piperidine rings is 1. The number of aryl methyl sites for hydroxylation is 1. The predicted octanol–water partition coefficient (Wildman–Crippen LogP) is 2.34. The molecule has 4 nitrogen and oxygen atoms in total. The number of likely N-dealkylation sites (tertiary alicyclic amines) is 1. The van der Waals surface area contributed by atoms with Gasteiger partial charge in [-0.15, -0.1) is 0 Å². The minimum Gasteiger partial charge on any atom is -0.487 e. The molecule has 1 aliphatic heterocycles. The molecule has 4 heteroatoms. The minimum absolute atomic E-state index is 0.103. The van der Waals surface area contributed by atoms with Crippen LogP contribution in [-0.2, 0) is 0 Å². The monoisotopic (exact) mass is 318 g/mol. The number of nitrogens with one attached hydrogen (secondary N) is 1. The van der Waals surface area contributed by atoms with Crippen molar-refractivity contribution in [2.75, 3.05) is 20.1 Å². The Morgan fingerprint density at radius 3 is 2.61 bits per heavy atom. The fourth-order valence-electron chi connectivity index (χ4n) is 3.78. The van der Waals surface area contributed by atoms with Crippen LogP contribution in [0, 0.1) is 6.92 Å². The van der Waals surface area contributed by atoms with Gasteiger partial charge in [0.15, 0.2) is 0 Å². The van der Waals surface area contributed by atoms with Crippen molar-refractivity contribution in [2.45, 2.75) is 63.3 Å². The first-order valence-corrected chi connectivity index (χ1v) is 8.98. The van der Waals surface area contributed by atoms with Gasteiger partial charge in [0.2, 0.25) is 0 Å². The first-order valence-electron chi connectivity index (χ1n) is 8.98. The third-order valence-corrected chi connectivity index (χ3v) is 5.34. The van der Waals surface area contributed by atoms with E-state index in [0.717, 1.165) is 43.7 Å². The highest BCUT2D eigenvalue weighted by molar-refractivity contribution is 5.32. The van der Waals surface area contributed by atoms with Crippen LogP contribution in [0.1, 0.15) is 37.7 Å². The van der Waals surface area contributed by atoms with Gasteiger partial charge < -0.3 is 20.1 Å². The van der Waals surface area contributed by atoms with Crippen LogP contribution in [0.3, 0.4) is 0 Å². The van der Waals surface area contributed by atoms with Gasteiger partial charge in [-0.05, 0) is 70.8 Å². The number of aliphatic hydroxyl groups is 1. The second kappa shape index (κ2) is 7.65. The number of hydrogen-bond acceptors (Lipinski definition) is 4. The van der Waals surface area contributed by atoms with Crippen LogP contribution in [0.2, 0.25) is 0 Å². The molecule has 0 amide bonds. The summed E-state index contributed by atoms with van der Waals surface area (Å²) in [4.78, 5) is 2.37. The number of hydrogen-bond donors (Lipinski definition) is 2. The summed E-state index contributed by atoms with van der Waals surface area (Å²) in [5, 5.41) is 14.5. The standard InChI is InChI=1S/C19H30N2O2/c1-14-6-3-4-8-17(14)23-18-9-5-7-16(19(18)22)20-15-10-12-21(2)13-11-15/h3-4,6,8,15-16,18-20,22H,5,7,9-13H2,1-2H3/t16-,18+,19+/m0/s1. The molecule has 23 heavy (non-hydrogen) atoms. The van der Waals surface area contributed by atoms with E-state index in [0.29, 0.717) is 6.04 Å². The number of rotatable bonds is 4. The molecule has 128 valence electrons. The van der Waals surface area contributed by atoms with Crippen molar-refractivity contribution in [3.63, 3.8) is 0 Å². The van der Waals surface area contributed by atoms with Crippen molar-refractivity contribution >= 4 is 0 Å². The fraction of sp³-hybridized carbons (Fsp3) is 0.684. The largest absolute Gasteiger partial charge is 0.487 e. The van der Waals surface area contributed by atoms with Gasteiger partial charge in [-0.25, -0.2) is 0 Å². The maximum absolute atomic E-state index is 10.8. The number of nitrogens with zero attached hydrogens (tertiary/aromatic N) is 1. The Morgan fingerprint density at radius 2 is 1.87 bits per heavy atom. The molecule has 1 saturated carbocycles. The van der Waals surface area contributed by atoms with Crippen LogP contribution in [0.5, 0.6) is 5.75 Å². The van der Waals surface area contributed by atoms with E-state index in [1.54, 1.807) is 0 Å². The van der Waals surface area contributed by atoms with Crippen LogP contribution in [0.4, 0.5) is 0 Å². The minimum atomic E-state index is -0.428. The maximum Gasteiger partial charge on any atom is 0.126 e. The van der Waals surface area contributed by atoms with Gasteiger partial charge in [0.25, 0.3) is 0 Å². The third-order valence-electron chi connectivity index (χ3n) is 5.34. The van der Waals surface area contributed by atoms with E-state index in [-0.39, 0.29) is 12.1 Å². The van der Waals surface area contributed by atoms with Crippen molar-refractivity contribution in [2.24, 2.45) is 0 Å². The third kappa shape index (κ3) is 4.25. The summed E-state index contributed by atoms with van der Waals surface area (Å²) in [6.07, 6.45) is 4.89. The number of ether oxygens (including phenoxy) is 1. The molecule has 0 bridgehead atoms. The average Bonchev–Trinajstić information content (AvgIpc) is 2.55. The molecular weight excluding hydrogens is 288 g/mol. The molecule has 1 saturated heterocycles. The summed E-state index contributed by atoms with van der Waals surface area (Å²) in [7, 11) is 2.18. The summed E-state index contributed by atoms with van der Waals surface area (Å²) in [6.45, 7) is 4.34. The van der Waals surface area contributed by atoms with Crippen LogP contribution in [0.15, 0.2) is 24.3 Å². The summed E-state index contributed by atoms with van der Waals surface area (Å²) >= 11 is 0. The Kier molecular flexibility index (Phi) is 5.57. The fourth-order valence-corrected chi connectivity index (χ4v) is 3.78. The Balaban J connectivity index is 1.57. The second-order valence-corrected chi connectivity index (χ2v) is 7.19. The lowest BCUT2D eigenvalue weighted by Crippen LogP contribution is -2.55. The van der Waals surface area contributed by atoms with Gasteiger partial charge in [0, 0.05) is 12.1 Å². The van der Waals surface area contributed by atoms with Crippen LogP contribution in [0.25, 0.3) is 0 Å². The first-order chi connectivity index (χ1) is 11.1. The van der Waals surface area contributed by atoms with Gasteiger partial charge in [-0.2, -0.15) is 0 Å². The Bertz CT molecular complexity index is 500. The molecule has 1 aliphatic carbocycles. The molecule has 0 unspecified atom stereocenters. The lowest BCUT2D eigenvalue weighted by atomic mass is 9.88.